The molecule has 0 radical (unpaired) electrons. The van der Waals surface area contributed by atoms with Crippen LogP contribution < -0.4 is 4.90 Å². The molecule has 4 heterocycles. The lowest BCUT2D eigenvalue weighted by Crippen LogP contribution is -2.39. The minimum Gasteiger partial charge on any atom is -0.356 e. The number of rotatable bonds is 3. The Morgan fingerprint density at radius 3 is 2.62 bits per heavy atom. The summed E-state index contributed by atoms with van der Waals surface area (Å²) < 4.78 is 66.4. The van der Waals surface area contributed by atoms with E-state index in [-0.39, 0.29) is 23.3 Å². The number of anilines is 1. The fraction of sp³-hybridized carbons (Fsp3) is 0.444. The van der Waals surface area contributed by atoms with Gasteiger partial charge in [-0.3, -0.25) is 0 Å². The normalized spacial score (nSPS) is 20.6. The summed E-state index contributed by atoms with van der Waals surface area (Å²) in [6, 6.07) is 3.65. The Balaban J connectivity index is 1.67. The Kier molecular flexibility index (Phi) is 4.83. The largest absolute Gasteiger partial charge is 0.417 e. The van der Waals surface area contributed by atoms with Gasteiger partial charge in [0.05, 0.1) is 11.3 Å². The monoisotopic (exact) mass is 412 g/mol. The summed E-state index contributed by atoms with van der Waals surface area (Å²) in [6.45, 7) is 3.01. The first kappa shape index (κ1) is 19.5. The molecule has 0 N–H and O–H groups in total. The van der Waals surface area contributed by atoms with E-state index in [0.29, 0.717) is 24.6 Å². The third kappa shape index (κ3) is 3.73. The zero-order chi connectivity index (χ0) is 20.8. The molecule has 29 heavy (non-hydrogen) atoms. The topological polar surface area (TPSA) is 59.2 Å². The van der Waals surface area contributed by atoms with E-state index in [4.69, 9.17) is 0 Å². The van der Waals surface area contributed by atoms with Crippen molar-refractivity contribution in [2.45, 2.75) is 31.9 Å². The van der Waals surface area contributed by atoms with E-state index in [2.05, 4.69) is 20.1 Å². The summed E-state index contributed by atoms with van der Waals surface area (Å²) in [5.41, 5.74) is -0.646. The van der Waals surface area contributed by atoms with Crippen LogP contribution in [0.2, 0.25) is 0 Å². The van der Waals surface area contributed by atoms with Crippen molar-refractivity contribution in [1.29, 1.82) is 0 Å². The molecule has 3 aromatic rings. The maximum atomic E-state index is 13.3. The molecule has 0 aromatic carbocycles. The summed E-state index contributed by atoms with van der Waals surface area (Å²) in [5, 5.41) is 4.10. The second-order valence-electron chi connectivity index (χ2n) is 7.10. The van der Waals surface area contributed by atoms with Crippen LogP contribution >= 0.6 is 0 Å². The molecule has 1 aliphatic heterocycles. The van der Waals surface area contributed by atoms with Gasteiger partial charge in [-0.05, 0) is 30.5 Å². The van der Waals surface area contributed by atoms with E-state index in [1.54, 1.807) is 0 Å². The van der Waals surface area contributed by atoms with Gasteiger partial charge in [0.1, 0.15) is 17.8 Å². The molecule has 0 aliphatic carbocycles. The number of piperidine rings is 1. The van der Waals surface area contributed by atoms with E-state index in [9.17, 15) is 22.0 Å². The first-order chi connectivity index (χ1) is 13.7. The molecule has 1 unspecified atom stereocenters. The van der Waals surface area contributed by atoms with E-state index in [1.165, 1.54) is 23.0 Å². The van der Waals surface area contributed by atoms with Crippen molar-refractivity contribution in [3.05, 3.63) is 47.7 Å². The van der Waals surface area contributed by atoms with Crippen LogP contribution in [0.4, 0.5) is 27.8 Å². The lowest BCUT2D eigenvalue weighted by atomic mass is 9.84. The van der Waals surface area contributed by atoms with Crippen LogP contribution in [-0.4, -0.2) is 37.7 Å². The van der Waals surface area contributed by atoms with Crippen molar-refractivity contribution >= 4 is 11.6 Å². The zero-order valence-electron chi connectivity index (χ0n) is 15.3. The van der Waals surface area contributed by atoms with Crippen molar-refractivity contribution in [2.24, 2.45) is 5.92 Å². The van der Waals surface area contributed by atoms with Gasteiger partial charge in [0.25, 0.3) is 12.2 Å². The molecule has 3 aromatic heterocycles. The summed E-state index contributed by atoms with van der Waals surface area (Å²) in [6.07, 6.45) is -4.42. The Labute approximate surface area is 162 Å². The third-order valence-corrected chi connectivity index (χ3v) is 5.26. The van der Waals surface area contributed by atoms with Crippen LogP contribution in [0, 0.1) is 5.92 Å². The summed E-state index contributed by atoms with van der Waals surface area (Å²) in [4.78, 5) is 13.6. The van der Waals surface area contributed by atoms with Crippen LogP contribution in [0.15, 0.2) is 30.7 Å². The molecule has 1 aliphatic rings. The molecule has 6 nitrogen and oxygen atoms in total. The van der Waals surface area contributed by atoms with Crippen molar-refractivity contribution in [2.75, 3.05) is 18.0 Å². The SMILES string of the molecule is CC1CCN(c2ccc(C(F)(F)F)cn2)C[C@H]1c1cc(C(F)F)nc2ncnn12. The van der Waals surface area contributed by atoms with Gasteiger partial charge in [-0.25, -0.2) is 23.3 Å². The van der Waals surface area contributed by atoms with Crippen LogP contribution in [0.5, 0.6) is 0 Å². The van der Waals surface area contributed by atoms with Crippen LogP contribution in [-0.2, 0) is 6.18 Å². The predicted octanol–water partition coefficient (Wildman–Crippen LogP) is 4.11. The highest BCUT2D eigenvalue weighted by Crippen LogP contribution is 2.36. The van der Waals surface area contributed by atoms with Crippen molar-refractivity contribution < 1.29 is 22.0 Å². The van der Waals surface area contributed by atoms with E-state index < -0.39 is 18.2 Å². The lowest BCUT2D eigenvalue weighted by Gasteiger charge is -2.38. The molecule has 2 atom stereocenters. The van der Waals surface area contributed by atoms with Crippen molar-refractivity contribution in [3.8, 4) is 0 Å². The number of hydrogen-bond acceptors (Lipinski definition) is 5. The first-order valence-corrected chi connectivity index (χ1v) is 9.01. The van der Waals surface area contributed by atoms with Crippen molar-refractivity contribution in [3.63, 3.8) is 0 Å². The van der Waals surface area contributed by atoms with Gasteiger partial charge in [-0.2, -0.15) is 23.3 Å². The average molecular weight is 412 g/mol. The number of pyridine rings is 1. The van der Waals surface area contributed by atoms with Gasteiger partial charge in [-0.15, -0.1) is 0 Å². The molecule has 4 rings (SSSR count). The first-order valence-electron chi connectivity index (χ1n) is 9.01. The Morgan fingerprint density at radius 1 is 1.17 bits per heavy atom. The summed E-state index contributed by atoms with van der Waals surface area (Å²) in [7, 11) is 0. The lowest BCUT2D eigenvalue weighted by molar-refractivity contribution is -0.137. The standard InChI is InChI=1S/C18H17F5N6/c1-10-4-5-28(15-3-2-11(7-24-15)18(21,22)23)8-12(10)14-6-13(16(19)20)27-17-25-9-26-29(14)17/h2-3,6-7,9-10,12,16H,4-5,8H2,1H3/t10?,12-/m1/s1. The van der Waals surface area contributed by atoms with Gasteiger partial charge in [0, 0.05) is 25.2 Å². The second-order valence-corrected chi connectivity index (χ2v) is 7.10. The fourth-order valence-electron chi connectivity index (χ4n) is 3.63. The highest BCUT2D eigenvalue weighted by molar-refractivity contribution is 5.42. The number of halogens is 5. The van der Waals surface area contributed by atoms with Crippen LogP contribution in [0.3, 0.4) is 0 Å². The van der Waals surface area contributed by atoms with Gasteiger partial charge in [-0.1, -0.05) is 6.92 Å². The van der Waals surface area contributed by atoms with Gasteiger partial charge in [0.15, 0.2) is 0 Å². The molecular weight excluding hydrogens is 395 g/mol. The Hall–Kier alpha value is -2.85. The number of fused-ring (bicyclic) bond motifs is 1. The maximum Gasteiger partial charge on any atom is 0.417 e. The number of nitrogens with zero attached hydrogens (tertiary/aromatic N) is 6. The highest BCUT2D eigenvalue weighted by atomic mass is 19.4. The Bertz CT molecular complexity index is 1000. The van der Waals surface area contributed by atoms with Crippen molar-refractivity contribution in [1.82, 2.24) is 24.6 Å². The smallest absolute Gasteiger partial charge is 0.356 e. The Morgan fingerprint density at radius 2 is 1.97 bits per heavy atom. The number of hydrogen-bond donors (Lipinski definition) is 0. The molecule has 1 saturated heterocycles. The highest BCUT2D eigenvalue weighted by Gasteiger charge is 2.33. The zero-order valence-corrected chi connectivity index (χ0v) is 15.3. The number of aromatic nitrogens is 5. The van der Waals surface area contributed by atoms with Crippen LogP contribution in [0.1, 0.15) is 42.6 Å². The minimum atomic E-state index is -4.45. The molecule has 0 bridgehead atoms. The second kappa shape index (κ2) is 7.20. The molecular formula is C18H17F5N6. The van der Waals surface area contributed by atoms with E-state index >= 15 is 0 Å². The molecule has 1 fully saturated rings. The van der Waals surface area contributed by atoms with E-state index in [0.717, 1.165) is 18.7 Å². The summed E-state index contributed by atoms with van der Waals surface area (Å²) in [5.74, 6) is 0.446. The molecule has 11 heteroatoms. The van der Waals surface area contributed by atoms with Gasteiger partial charge >= 0.3 is 6.18 Å². The summed E-state index contributed by atoms with van der Waals surface area (Å²) >= 11 is 0. The molecule has 0 amide bonds. The van der Waals surface area contributed by atoms with Crippen LogP contribution in [0.25, 0.3) is 5.78 Å². The van der Waals surface area contributed by atoms with Gasteiger partial charge < -0.3 is 4.90 Å². The van der Waals surface area contributed by atoms with Gasteiger partial charge in [0.2, 0.25) is 0 Å². The fourth-order valence-corrected chi connectivity index (χ4v) is 3.63. The minimum absolute atomic E-state index is 0.0924. The molecule has 0 spiro atoms. The quantitative estimate of drug-likeness (QED) is 0.606. The average Bonchev–Trinajstić information content (AvgIpc) is 3.16. The third-order valence-electron chi connectivity index (χ3n) is 5.26. The molecule has 154 valence electrons. The maximum absolute atomic E-state index is 13.3. The number of alkyl halides is 5. The molecule has 0 saturated carbocycles. The predicted molar refractivity (Wildman–Crippen MR) is 93.7 cm³/mol. The van der Waals surface area contributed by atoms with E-state index in [1.807, 2.05) is 11.8 Å².